The van der Waals surface area contributed by atoms with Crippen molar-refractivity contribution in [3.8, 4) is 5.75 Å². The summed E-state index contributed by atoms with van der Waals surface area (Å²) >= 11 is 0. The largest absolute Gasteiger partial charge is 0.494 e. The maximum absolute atomic E-state index is 14.0. The SMILES string of the molecule is CCn1cc(C2CN(c3ncnc4cc(F)c(OC)cc34)CCO2)cn1. The lowest BCUT2D eigenvalue weighted by Gasteiger charge is -2.33. The van der Waals surface area contributed by atoms with Gasteiger partial charge in [0.05, 0.1) is 25.4 Å². The standard InChI is InChI=1S/C18H20FN5O2/c1-3-24-9-12(8-22-24)17-10-23(4-5-26-17)18-13-6-16(25-2)14(19)7-15(13)20-11-21-18/h6-9,11,17H,3-5,10H2,1-2H3. The Labute approximate surface area is 150 Å². The molecule has 0 spiro atoms. The molecule has 3 heterocycles. The molecule has 0 saturated carbocycles. The second-order valence-electron chi connectivity index (χ2n) is 6.14. The highest BCUT2D eigenvalue weighted by molar-refractivity contribution is 5.90. The minimum absolute atomic E-state index is 0.0867. The average Bonchev–Trinajstić information content (AvgIpc) is 3.16. The Hall–Kier alpha value is -2.74. The molecular formula is C18H20FN5O2. The molecule has 1 saturated heterocycles. The zero-order valence-corrected chi connectivity index (χ0v) is 14.7. The quantitative estimate of drug-likeness (QED) is 0.715. The molecule has 26 heavy (non-hydrogen) atoms. The smallest absolute Gasteiger partial charge is 0.167 e. The summed E-state index contributed by atoms with van der Waals surface area (Å²) in [6, 6.07) is 3.03. The van der Waals surface area contributed by atoms with Crippen LogP contribution in [0.5, 0.6) is 5.75 Å². The van der Waals surface area contributed by atoms with Crippen molar-refractivity contribution in [2.75, 3.05) is 31.7 Å². The van der Waals surface area contributed by atoms with Crippen molar-refractivity contribution >= 4 is 16.7 Å². The molecule has 1 aliphatic heterocycles. The van der Waals surface area contributed by atoms with E-state index < -0.39 is 5.82 Å². The average molecular weight is 357 g/mol. The molecule has 1 aliphatic rings. The lowest BCUT2D eigenvalue weighted by molar-refractivity contribution is 0.0395. The first-order valence-corrected chi connectivity index (χ1v) is 8.56. The fourth-order valence-electron chi connectivity index (χ4n) is 3.21. The highest BCUT2D eigenvalue weighted by Crippen LogP contribution is 2.32. The third kappa shape index (κ3) is 2.96. The number of hydrogen-bond acceptors (Lipinski definition) is 6. The highest BCUT2D eigenvalue weighted by Gasteiger charge is 2.25. The van der Waals surface area contributed by atoms with E-state index >= 15 is 0 Å². The molecule has 1 fully saturated rings. The van der Waals surface area contributed by atoms with Gasteiger partial charge in [-0.25, -0.2) is 14.4 Å². The monoisotopic (exact) mass is 357 g/mol. The molecule has 0 radical (unpaired) electrons. The second kappa shape index (κ2) is 6.87. The minimum Gasteiger partial charge on any atom is -0.494 e. The van der Waals surface area contributed by atoms with E-state index in [0.717, 1.165) is 23.3 Å². The van der Waals surface area contributed by atoms with Crippen LogP contribution in [-0.4, -0.2) is 46.6 Å². The second-order valence-corrected chi connectivity index (χ2v) is 6.14. The van der Waals surface area contributed by atoms with Crippen LogP contribution in [0.3, 0.4) is 0 Å². The zero-order valence-electron chi connectivity index (χ0n) is 14.7. The van der Waals surface area contributed by atoms with Crippen LogP contribution < -0.4 is 9.64 Å². The summed E-state index contributed by atoms with van der Waals surface area (Å²) in [4.78, 5) is 10.8. The lowest BCUT2D eigenvalue weighted by Crippen LogP contribution is -2.39. The van der Waals surface area contributed by atoms with E-state index in [9.17, 15) is 4.39 Å². The van der Waals surface area contributed by atoms with Gasteiger partial charge >= 0.3 is 0 Å². The van der Waals surface area contributed by atoms with Gasteiger partial charge in [-0.2, -0.15) is 5.10 Å². The predicted octanol–water partition coefficient (Wildman–Crippen LogP) is 2.57. The van der Waals surface area contributed by atoms with Gasteiger partial charge in [-0.3, -0.25) is 4.68 Å². The summed E-state index contributed by atoms with van der Waals surface area (Å²) in [5.74, 6) is 0.503. The first kappa shape index (κ1) is 16.7. The number of halogens is 1. The number of morpholine rings is 1. The summed E-state index contributed by atoms with van der Waals surface area (Å²) in [5.41, 5.74) is 1.59. The van der Waals surface area contributed by atoms with E-state index in [1.54, 1.807) is 6.07 Å². The van der Waals surface area contributed by atoms with E-state index in [4.69, 9.17) is 9.47 Å². The van der Waals surface area contributed by atoms with Crippen molar-refractivity contribution in [1.29, 1.82) is 0 Å². The van der Waals surface area contributed by atoms with Gasteiger partial charge < -0.3 is 14.4 Å². The fraction of sp³-hybridized carbons (Fsp3) is 0.389. The molecular weight excluding hydrogens is 337 g/mol. The molecule has 8 heteroatoms. The molecule has 1 unspecified atom stereocenters. The Balaban J connectivity index is 1.68. The van der Waals surface area contributed by atoms with Crippen molar-refractivity contribution in [3.05, 3.63) is 42.2 Å². The maximum atomic E-state index is 14.0. The van der Waals surface area contributed by atoms with Crippen LogP contribution in [0.4, 0.5) is 10.2 Å². The van der Waals surface area contributed by atoms with Gasteiger partial charge in [-0.15, -0.1) is 0 Å². The lowest BCUT2D eigenvalue weighted by atomic mass is 10.1. The number of fused-ring (bicyclic) bond motifs is 1. The summed E-state index contributed by atoms with van der Waals surface area (Å²) in [5, 5.41) is 5.08. The van der Waals surface area contributed by atoms with Crippen LogP contribution in [0, 0.1) is 5.82 Å². The number of nitrogens with zero attached hydrogens (tertiary/aromatic N) is 5. The molecule has 1 aromatic carbocycles. The highest BCUT2D eigenvalue weighted by atomic mass is 19.1. The Morgan fingerprint density at radius 3 is 3.00 bits per heavy atom. The number of aryl methyl sites for hydroxylation is 1. The van der Waals surface area contributed by atoms with Crippen LogP contribution in [0.15, 0.2) is 30.9 Å². The van der Waals surface area contributed by atoms with Crippen LogP contribution in [0.25, 0.3) is 10.9 Å². The van der Waals surface area contributed by atoms with Crippen LogP contribution in [0.2, 0.25) is 0 Å². The van der Waals surface area contributed by atoms with Crippen molar-refractivity contribution in [2.45, 2.75) is 19.6 Å². The number of anilines is 1. The van der Waals surface area contributed by atoms with E-state index in [-0.39, 0.29) is 11.9 Å². The molecule has 1 atom stereocenters. The number of benzene rings is 1. The van der Waals surface area contributed by atoms with Gasteiger partial charge in [0, 0.05) is 42.8 Å². The molecule has 0 amide bonds. The summed E-state index contributed by atoms with van der Waals surface area (Å²) < 4.78 is 26.9. The Bertz CT molecular complexity index is 929. The van der Waals surface area contributed by atoms with Crippen molar-refractivity contribution in [2.24, 2.45) is 0 Å². The van der Waals surface area contributed by atoms with Crippen LogP contribution in [0.1, 0.15) is 18.6 Å². The Morgan fingerprint density at radius 1 is 1.35 bits per heavy atom. The molecule has 2 aromatic heterocycles. The van der Waals surface area contributed by atoms with Crippen molar-refractivity contribution in [1.82, 2.24) is 19.7 Å². The molecule has 0 bridgehead atoms. The predicted molar refractivity (Wildman–Crippen MR) is 94.9 cm³/mol. The summed E-state index contributed by atoms with van der Waals surface area (Å²) in [6.45, 7) is 4.78. The Kier molecular flexibility index (Phi) is 4.42. The topological polar surface area (TPSA) is 65.3 Å². The third-order valence-electron chi connectivity index (χ3n) is 4.60. The van der Waals surface area contributed by atoms with E-state index in [1.165, 1.54) is 19.5 Å². The van der Waals surface area contributed by atoms with Gasteiger partial charge in [-0.1, -0.05) is 0 Å². The van der Waals surface area contributed by atoms with Gasteiger partial charge in [0.25, 0.3) is 0 Å². The molecule has 0 N–H and O–H groups in total. The van der Waals surface area contributed by atoms with Gasteiger partial charge in [0.2, 0.25) is 0 Å². The first-order chi connectivity index (χ1) is 12.7. The Morgan fingerprint density at radius 2 is 2.23 bits per heavy atom. The van der Waals surface area contributed by atoms with Gasteiger partial charge in [0.15, 0.2) is 11.6 Å². The van der Waals surface area contributed by atoms with E-state index in [2.05, 4.69) is 20.0 Å². The molecule has 0 aliphatic carbocycles. The molecule has 136 valence electrons. The van der Waals surface area contributed by atoms with Crippen molar-refractivity contribution < 1.29 is 13.9 Å². The molecule has 3 aromatic rings. The number of ether oxygens (including phenoxy) is 2. The molecule has 7 nitrogen and oxygen atoms in total. The summed E-state index contributed by atoms with van der Waals surface area (Å²) in [6.07, 6.45) is 5.22. The van der Waals surface area contributed by atoms with Crippen molar-refractivity contribution in [3.63, 3.8) is 0 Å². The fourth-order valence-corrected chi connectivity index (χ4v) is 3.21. The number of hydrogen-bond donors (Lipinski definition) is 0. The zero-order chi connectivity index (χ0) is 18.1. The van der Waals surface area contributed by atoms with Crippen LogP contribution in [-0.2, 0) is 11.3 Å². The van der Waals surface area contributed by atoms with E-state index in [0.29, 0.717) is 25.2 Å². The van der Waals surface area contributed by atoms with E-state index in [1.807, 2.05) is 24.0 Å². The molecule has 4 rings (SSSR count). The summed E-state index contributed by atoms with van der Waals surface area (Å²) in [7, 11) is 1.45. The van der Waals surface area contributed by atoms with Gasteiger partial charge in [0.1, 0.15) is 18.2 Å². The van der Waals surface area contributed by atoms with Gasteiger partial charge in [-0.05, 0) is 13.0 Å². The van der Waals surface area contributed by atoms with Crippen LogP contribution >= 0.6 is 0 Å². The maximum Gasteiger partial charge on any atom is 0.167 e. The normalized spacial score (nSPS) is 17.7. The number of rotatable bonds is 4. The third-order valence-corrected chi connectivity index (χ3v) is 4.60. The minimum atomic E-state index is -0.434. The number of methoxy groups -OCH3 is 1. The number of aromatic nitrogens is 4. The first-order valence-electron chi connectivity index (χ1n) is 8.56.